The fraction of sp³-hybridized carbons (Fsp3) is 0.409. The second-order valence-electron chi connectivity index (χ2n) is 7.01. The number of hydrogen-bond acceptors (Lipinski definition) is 5. The molecular weight excluding hydrogens is 376 g/mol. The van der Waals surface area contributed by atoms with Crippen LogP contribution in [0.4, 0.5) is 5.69 Å². The lowest BCUT2D eigenvalue weighted by atomic mass is 10.1. The van der Waals surface area contributed by atoms with Gasteiger partial charge in [-0.2, -0.15) is 0 Å². The summed E-state index contributed by atoms with van der Waals surface area (Å²) in [6, 6.07) is 15.0. The van der Waals surface area contributed by atoms with Crippen molar-refractivity contribution >= 4 is 23.1 Å². The van der Waals surface area contributed by atoms with Crippen molar-refractivity contribution in [2.45, 2.75) is 19.4 Å². The van der Waals surface area contributed by atoms with E-state index in [1.54, 1.807) is 24.3 Å². The number of para-hydroxylation sites is 1. The highest BCUT2D eigenvalue weighted by Crippen LogP contribution is 2.26. The van der Waals surface area contributed by atoms with Gasteiger partial charge in [0.25, 0.3) is 0 Å². The summed E-state index contributed by atoms with van der Waals surface area (Å²) in [6.45, 7) is 6.15. The first-order chi connectivity index (χ1) is 13.6. The Kier molecular flexibility index (Phi) is 7.31. The number of benzene rings is 2. The molecule has 1 atom stereocenters. The summed E-state index contributed by atoms with van der Waals surface area (Å²) in [6.07, 6.45) is -0.0772. The SMILES string of the molecule is CCC(=O)c1ccc(OC[C@H](O)CN2CCN(c3ccccc3Cl)CC2)cc1. The van der Waals surface area contributed by atoms with Crippen LogP contribution in [-0.2, 0) is 0 Å². The van der Waals surface area contributed by atoms with Crippen LogP contribution >= 0.6 is 11.6 Å². The Hall–Kier alpha value is -2.08. The van der Waals surface area contributed by atoms with Crippen molar-refractivity contribution in [2.24, 2.45) is 0 Å². The Balaban J connectivity index is 1.41. The van der Waals surface area contributed by atoms with Gasteiger partial charge in [-0.05, 0) is 36.4 Å². The zero-order valence-electron chi connectivity index (χ0n) is 16.2. The maximum Gasteiger partial charge on any atom is 0.162 e. The first kappa shape index (κ1) is 20.6. The number of rotatable bonds is 8. The smallest absolute Gasteiger partial charge is 0.162 e. The lowest BCUT2D eigenvalue weighted by Gasteiger charge is -2.37. The zero-order valence-corrected chi connectivity index (χ0v) is 16.9. The standard InChI is InChI=1S/C22H27ClN2O3/c1-2-22(27)17-7-9-19(10-8-17)28-16-18(26)15-24-11-13-25(14-12-24)21-6-4-3-5-20(21)23/h3-10,18,26H,2,11-16H2,1H3/t18-/m1/s1. The molecule has 1 aliphatic heterocycles. The molecule has 0 bridgehead atoms. The first-order valence-electron chi connectivity index (χ1n) is 9.72. The number of carbonyl (C=O) groups is 1. The summed E-state index contributed by atoms with van der Waals surface area (Å²) >= 11 is 6.28. The molecule has 0 saturated carbocycles. The molecule has 150 valence electrons. The third-order valence-corrected chi connectivity index (χ3v) is 5.29. The van der Waals surface area contributed by atoms with Crippen LogP contribution in [0, 0.1) is 0 Å². The number of β-amino-alcohol motifs (C(OH)–C–C–N with tert-alkyl or cyclic N) is 1. The van der Waals surface area contributed by atoms with E-state index >= 15 is 0 Å². The minimum Gasteiger partial charge on any atom is -0.491 e. The number of hydrogen-bond donors (Lipinski definition) is 1. The Morgan fingerprint density at radius 1 is 1.11 bits per heavy atom. The van der Waals surface area contributed by atoms with E-state index in [4.69, 9.17) is 16.3 Å². The van der Waals surface area contributed by atoms with Crippen LogP contribution in [0.3, 0.4) is 0 Å². The maximum atomic E-state index is 11.6. The van der Waals surface area contributed by atoms with E-state index in [0.717, 1.165) is 36.9 Å². The molecule has 0 amide bonds. The van der Waals surface area contributed by atoms with Gasteiger partial charge in [0.15, 0.2) is 5.78 Å². The van der Waals surface area contributed by atoms with Crippen LogP contribution < -0.4 is 9.64 Å². The molecule has 1 N–H and O–H groups in total. The molecule has 2 aromatic rings. The molecule has 1 aliphatic rings. The molecule has 6 heteroatoms. The lowest BCUT2D eigenvalue weighted by Crippen LogP contribution is -2.49. The number of ether oxygens (including phenoxy) is 1. The van der Waals surface area contributed by atoms with Crippen LogP contribution in [0.5, 0.6) is 5.75 Å². The van der Waals surface area contributed by atoms with Gasteiger partial charge in [0.05, 0.1) is 10.7 Å². The van der Waals surface area contributed by atoms with Gasteiger partial charge in [-0.25, -0.2) is 0 Å². The molecule has 0 unspecified atom stereocenters. The minimum atomic E-state index is -0.566. The van der Waals surface area contributed by atoms with Gasteiger partial charge >= 0.3 is 0 Å². The average molecular weight is 403 g/mol. The number of halogens is 1. The summed E-state index contributed by atoms with van der Waals surface area (Å²) in [5.74, 6) is 0.776. The van der Waals surface area contributed by atoms with Crippen molar-refractivity contribution in [1.29, 1.82) is 0 Å². The Labute approximate surface area is 171 Å². The van der Waals surface area contributed by atoms with E-state index in [1.807, 2.05) is 31.2 Å². The zero-order chi connectivity index (χ0) is 19.9. The second kappa shape index (κ2) is 9.92. The van der Waals surface area contributed by atoms with E-state index in [9.17, 15) is 9.90 Å². The fourth-order valence-corrected chi connectivity index (χ4v) is 3.62. The largest absolute Gasteiger partial charge is 0.491 e. The number of nitrogens with zero attached hydrogens (tertiary/aromatic N) is 2. The van der Waals surface area contributed by atoms with E-state index in [1.165, 1.54) is 0 Å². The van der Waals surface area contributed by atoms with E-state index in [-0.39, 0.29) is 12.4 Å². The van der Waals surface area contributed by atoms with Crippen LogP contribution in [-0.4, -0.2) is 61.2 Å². The molecule has 3 rings (SSSR count). The third-order valence-electron chi connectivity index (χ3n) is 4.97. The number of aliphatic hydroxyl groups is 1. The summed E-state index contributed by atoms with van der Waals surface area (Å²) in [5.41, 5.74) is 1.75. The van der Waals surface area contributed by atoms with Gasteiger partial charge in [-0.3, -0.25) is 9.69 Å². The minimum absolute atomic E-state index is 0.113. The number of piperazine rings is 1. The van der Waals surface area contributed by atoms with Crippen molar-refractivity contribution in [1.82, 2.24) is 4.90 Å². The molecule has 1 saturated heterocycles. The van der Waals surface area contributed by atoms with E-state index < -0.39 is 6.10 Å². The van der Waals surface area contributed by atoms with Crippen molar-refractivity contribution in [2.75, 3.05) is 44.2 Å². The number of ketones is 1. The maximum absolute atomic E-state index is 11.6. The van der Waals surface area contributed by atoms with Gasteiger partial charge < -0.3 is 14.7 Å². The first-order valence-corrected chi connectivity index (χ1v) is 10.1. The second-order valence-corrected chi connectivity index (χ2v) is 7.41. The molecule has 0 aromatic heterocycles. The normalized spacial score (nSPS) is 16.0. The van der Waals surface area contributed by atoms with Crippen LogP contribution in [0.15, 0.2) is 48.5 Å². The van der Waals surface area contributed by atoms with Crippen LogP contribution in [0.1, 0.15) is 23.7 Å². The number of Topliss-reactive ketones (excluding diaryl/α,β-unsaturated/α-hetero) is 1. The van der Waals surface area contributed by atoms with E-state index in [0.29, 0.717) is 24.3 Å². The summed E-state index contributed by atoms with van der Waals surface area (Å²) in [4.78, 5) is 16.2. The Morgan fingerprint density at radius 2 is 1.79 bits per heavy atom. The van der Waals surface area contributed by atoms with Crippen molar-refractivity contribution in [3.05, 3.63) is 59.1 Å². The predicted octanol–water partition coefficient (Wildman–Crippen LogP) is 3.49. The van der Waals surface area contributed by atoms with Crippen LogP contribution in [0.2, 0.25) is 5.02 Å². The van der Waals surface area contributed by atoms with E-state index in [2.05, 4.69) is 9.80 Å². The van der Waals surface area contributed by atoms with Gasteiger partial charge in [-0.1, -0.05) is 30.7 Å². The number of aliphatic hydroxyl groups excluding tert-OH is 1. The number of anilines is 1. The Bertz CT molecular complexity index is 774. The van der Waals surface area contributed by atoms with Gasteiger partial charge in [0.2, 0.25) is 0 Å². The molecule has 5 nitrogen and oxygen atoms in total. The molecule has 1 fully saturated rings. The van der Waals surface area contributed by atoms with Gasteiger partial charge in [-0.15, -0.1) is 0 Å². The molecular formula is C22H27ClN2O3. The van der Waals surface area contributed by atoms with Crippen molar-refractivity contribution in [3.8, 4) is 5.75 Å². The summed E-state index contributed by atoms with van der Waals surface area (Å²) in [5, 5.41) is 11.1. The molecule has 0 spiro atoms. The lowest BCUT2D eigenvalue weighted by molar-refractivity contribution is 0.0663. The fourth-order valence-electron chi connectivity index (χ4n) is 3.36. The molecule has 0 aliphatic carbocycles. The number of carbonyl (C=O) groups excluding carboxylic acids is 1. The highest BCUT2D eigenvalue weighted by molar-refractivity contribution is 6.33. The quantitative estimate of drug-likeness (QED) is 0.685. The highest BCUT2D eigenvalue weighted by Gasteiger charge is 2.20. The van der Waals surface area contributed by atoms with Gasteiger partial charge in [0, 0.05) is 44.7 Å². The van der Waals surface area contributed by atoms with Crippen LogP contribution in [0.25, 0.3) is 0 Å². The van der Waals surface area contributed by atoms with Crippen molar-refractivity contribution < 1.29 is 14.6 Å². The highest BCUT2D eigenvalue weighted by atomic mass is 35.5. The predicted molar refractivity (Wildman–Crippen MR) is 113 cm³/mol. The monoisotopic (exact) mass is 402 g/mol. The van der Waals surface area contributed by atoms with Crippen molar-refractivity contribution in [3.63, 3.8) is 0 Å². The molecule has 1 heterocycles. The average Bonchev–Trinajstić information content (AvgIpc) is 2.73. The van der Waals surface area contributed by atoms with Gasteiger partial charge in [0.1, 0.15) is 18.5 Å². The molecule has 2 aromatic carbocycles. The summed E-state index contributed by atoms with van der Waals surface area (Å²) < 4.78 is 5.67. The molecule has 0 radical (unpaired) electrons. The summed E-state index contributed by atoms with van der Waals surface area (Å²) in [7, 11) is 0. The molecule has 28 heavy (non-hydrogen) atoms. The topological polar surface area (TPSA) is 53.0 Å². The Morgan fingerprint density at radius 3 is 2.43 bits per heavy atom. The third kappa shape index (κ3) is 5.47.